The summed E-state index contributed by atoms with van der Waals surface area (Å²) in [7, 11) is 1.15. The lowest BCUT2D eigenvalue weighted by Crippen LogP contribution is -2.27. The van der Waals surface area contributed by atoms with E-state index in [1.165, 1.54) is 12.1 Å². The molecule has 0 saturated heterocycles. The number of hydrogen-bond donors (Lipinski definition) is 2. The van der Waals surface area contributed by atoms with E-state index in [0.29, 0.717) is 0 Å². The van der Waals surface area contributed by atoms with Crippen molar-refractivity contribution in [3.05, 3.63) is 29.5 Å². The van der Waals surface area contributed by atoms with Gasteiger partial charge < -0.3 is 14.5 Å². The number of nitrogens with one attached hydrogen (secondary N) is 2. The number of halogens is 2. The highest BCUT2D eigenvalue weighted by atomic mass is 19.3. The predicted molar refractivity (Wildman–Crippen MR) is 84.5 cm³/mol. The van der Waals surface area contributed by atoms with Crippen molar-refractivity contribution in [2.45, 2.75) is 32.8 Å². The average molecular weight is 340 g/mol. The summed E-state index contributed by atoms with van der Waals surface area (Å²) in [5.41, 5.74) is -0.583. The molecule has 2 aromatic rings. The number of aromatic amines is 1. The molecule has 0 radical (unpaired) electrons. The Kier molecular flexibility index (Phi) is 4.77. The van der Waals surface area contributed by atoms with Crippen molar-refractivity contribution < 1.29 is 27.8 Å². The molecular weight excluding hydrogens is 322 g/mol. The van der Waals surface area contributed by atoms with Crippen LogP contribution in [0.4, 0.5) is 19.3 Å². The Hall–Kier alpha value is -2.64. The van der Waals surface area contributed by atoms with E-state index in [-0.39, 0.29) is 27.7 Å². The highest BCUT2D eigenvalue weighted by molar-refractivity contribution is 6.07. The number of aromatic nitrogens is 1. The number of carbonyl (C=O) groups is 2. The van der Waals surface area contributed by atoms with E-state index in [0.717, 1.165) is 13.3 Å². The van der Waals surface area contributed by atoms with Gasteiger partial charge in [-0.05, 0) is 32.9 Å². The van der Waals surface area contributed by atoms with Crippen LogP contribution in [-0.2, 0) is 9.47 Å². The molecule has 1 amide bonds. The molecule has 1 aromatic carbocycles. The summed E-state index contributed by atoms with van der Waals surface area (Å²) >= 11 is 0. The van der Waals surface area contributed by atoms with Crippen LogP contribution < -0.4 is 5.32 Å². The minimum atomic E-state index is -2.76. The van der Waals surface area contributed by atoms with Crippen molar-refractivity contribution in [3.63, 3.8) is 0 Å². The van der Waals surface area contributed by atoms with Gasteiger partial charge in [-0.2, -0.15) is 0 Å². The van der Waals surface area contributed by atoms with Gasteiger partial charge in [0.2, 0.25) is 0 Å². The van der Waals surface area contributed by atoms with E-state index >= 15 is 0 Å². The summed E-state index contributed by atoms with van der Waals surface area (Å²) in [5.74, 6) is -0.783. The molecule has 130 valence electrons. The Morgan fingerprint density at radius 2 is 1.92 bits per heavy atom. The van der Waals surface area contributed by atoms with Crippen LogP contribution in [0.3, 0.4) is 0 Å². The lowest BCUT2D eigenvalue weighted by molar-refractivity contribution is 0.0598. The summed E-state index contributed by atoms with van der Waals surface area (Å²) in [6, 6.07) is 2.72. The zero-order chi connectivity index (χ0) is 18.1. The van der Waals surface area contributed by atoms with Gasteiger partial charge in [-0.15, -0.1) is 0 Å². The van der Waals surface area contributed by atoms with Crippen LogP contribution in [0.5, 0.6) is 0 Å². The first-order valence-electron chi connectivity index (χ1n) is 7.14. The molecule has 0 bridgehead atoms. The average Bonchev–Trinajstić information content (AvgIpc) is 2.87. The Bertz CT molecular complexity index is 778. The zero-order valence-corrected chi connectivity index (χ0v) is 13.7. The highest BCUT2D eigenvalue weighted by Gasteiger charge is 2.22. The van der Waals surface area contributed by atoms with Crippen LogP contribution in [0.25, 0.3) is 10.9 Å². The molecule has 8 heteroatoms. The molecule has 6 nitrogen and oxygen atoms in total. The quantitative estimate of drug-likeness (QED) is 0.819. The number of alkyl halides is 2. The van der Waals surface area contributed by atoms with Crippen LogP contribution in [0.2, 0.25) is 0 Å². The number of methoxy groups -OCH3 is 1. The Balaban J connectivity index is 2.47. The third kappa shape index (κ3) is 3.81. The van der Waals surface area contributed by atoms with Gasteiger partial charge >= 0.3 is 12.1 Å². The molecule has 24 heavy (non-hydrogen) atoms. The van der Waals surface area contributed by atoms with E-state index in [2.05, 4.69) is 15.0 Å². The van der Waals surface area contributed by atoms with E-state index in [1.54, 1.807) is 20.8 Å². The fourth-order valence-corrected chi connectivity index (χ4v) is 2.23. The molecule has 0 aliphatic rings. The van der Waals surface area contributed by atoms with E-state index in [4.69, 9.17) is 4.74 Å². The molecule has 2 N–H and O–H groups in total. The van der Waals surface area contributed by atoms with Crippen LogP contribution in [-0.4, -0.2) is 29.8 Å². The van der Waals surface area contributed by atoms with Crippen LogP contribution in [0, 0.1) is 0 Å². The lowest BCUT2D eigenvalue weighted by atomic mass is 10.1. The first kappa shape index (κ1) is 17.7. The summed E-state index contributed by atoms with van der Waals surface area (Å²) in [5, 5.41) is 2.53. The van der Waals surface area contributed by atoms with Gasteiger partial charge in [0.25, 0.3) is 6.43 Å². The zero-order valence-electron chi connectivity index (χ0n) is 13.7. The number of anilines is 1. The van der Waals surface area contributed by atoms with Gasteiger partial charge in [0.1, 0.15) is 5.60 Å². The van der Waals surface area contributed by atoms with Gasteiger partial charge in [0, 0.05) is 28.4 Å². The first-order valence-corrected chi connectivity index (χ1v) is 7.14. The second-order valence-corrected chi connectivity index (χ2v) is 6.11. The van der Waals surface area contributed by atoms with Crippen molar-refractivity contribution in [2.24, 2.45) is 0 Å². The van der Waals surface area contributed by atoms with Crippen molar-refractivity contribution in [1.29, 1.82) is 0 Å². The molecule has 0 aliphatic heterocycles. The van der Waals surface area contributed by atoms with Crippen molar-refractivity contribution in [2.75, 3.05) is 12.4 Å². The first-order chi connectivity index (χ1) is 11.1. The largest absolute Gasteiger partial charge is 0.465 e. The maximum Gasteiger partial charge on any atom is 0.412 e. The van der Waals surface area contributed by atoms with Crippen LogP contribution in [0.15, 0.2) is 18.3 Å². The molecule has 0 saturated carbocycles. The van der Waals surface area contributed by atoms with Gasteiger partial charge in [0.05, 0.1) is 12.7 Å². The molecule has 1 heterocycles. The minimum Gasteiger partial charge on any atom is -0.465 e. The monoisotopic (exact) mass is 340 g/mol. The Labute approximate surface area is 137 Å². The highest BCUT2D eigenvalue weighted by Crippen LogP contribution is 2.33. The van der Waals surface area contributed by atoms with Crippen molar-refractivity contribution in [3.8, 4) is 0 Å². The molecule has 0 aliphatic carbocycles. The second-order valence-electron chi connectivity index (χ2n) is 6.11. The van der Waals surface area contributed by atoms with Gasteiger partial charge in [0.15, 0.2) is 0 Å². The fraction of sp³-hybridized carbons (Fsp3) is 0.375. The Morgan fingerprint density at radius 3 is 2.46 bits per heavy atom. The number of rotatable bonds is 3. The third-order valence-electron chi connectivity index (χ3n) is 3.10. The summed E-state index contributed by atoms with van der Waals surface area (Å²) < 4.78 is 36.0. The summed E-state index contributed by atoms with van der Waals surface area (Å²) in [6.07, 6.45) is -2.36. The minimum absolute atomic E-state index is 0.0617. The fourth-order valence-electron chi connectivity index (χ4n) is 2.23. The van der Waals surface area contributed by atoms with E-state index in [9.17, 15) is 18.4 Å². The molecule has 0 fully saturated rings. The number of hydrogen-bond acceptors (Lipinski definition) is 4. The number of fused-ring (bicyclic) bond motifs is 1. The number of H-pyrrole nitrogens is 1. The van der Waals surface area contributed by atoms with Crippen LogP contribution >= 0.6 is 0 Å². The van der Waals surface area contributed by atoms with Crippen molar-refractivity contribution in [1.82, 2.24) is 4.98 Å². The number of esters is 1. The third-order valence-corrected chi connectivity index (χ3v) is 3.10. The Morgan fingerprint density at radius 1 is 1.25 bits per heavy atom. The SMILES string of the molecule is COC(=O)c1cc(NC(=O)OC(C)(C)C)cc2[nH]cc(C(F)F)c12. The van der Waals surface area contributed by atoms with Crippen molar-refractivity contribution >= 4 is 28.7 Å². The normalized spacial score (nSPS) is 11.6. The molecule has 2 rings (SSSR count). The van der Waals surface area contributed by atoms with Gasteiger partial charge in [-0.25, -0.2) is 18.4 Å². The summed E-state index contributed by atoms with van der Waals surface area (Å²) in [6.45, 7) is 5.11. The lowest BCUT2D eigenvalue weighted by Gasteiger charge is -2.20. The standard InChI is InChI=1S/C16H18F2N2O4/c1-16(2,3)24-15(22)20-8-5-9(14(21)23-4)12-10(13(17)18)7-19-11(12)6-8/h5-7,13,19H,1-4H3,(H,20,22). The molecular formula is C16H18F2N2O4. The maximum absolute atomic E-state index is 13.1. The predicted octanol–water partition coefficient (Wildman–Crippen LogP) is 4.24. The van der Waals surface area contributed by atoms with Gasteiger partial charge in [-0.1, -0.05) is 0 Å². The molecule has 0 atom stereocenters. The topological polar surface area (TPSA) is 80.4 Å². The smallest absolute Gasteiger partial charge is 0.412 e. The van der Waals surface area contributed by atoms with Crippen LogP contribution in [0.1, 0.15) is 43.1 Å². The number of ether oxygens (including phenoxy) is 2. The molecule has 0 spiro atoms. The van der Waals surface area contributed by atoms with E-state index < -0.39 is 24.1 Å². The number of carbonyl (C=O) groups excluding carboxylic acids is 2. The molecule has 0 unspecified atom stereocenters. The van der Waals surface area contributed by atoms with E-state index in [1.807, 2.05) is 0 Å². The number of benzene rings is 1. The van der Waals surface area contributed by atoms with Gasteiger partial charge in [-0.3, -0.25) is 5.32 Å². The second kappa shape index (κ2) is 6.46. The molecule has 1 aromatic heterocycles. The summed E-state index contributed by atoms with van der Waals surface area (Å²) in [4.78, 5) is 26.5. The number of amides is 1. The maximum atomic E-state index is 13.1.